The summed E-state index contributed by atoms with van der Waals surface area (Å²) < 4.78 is 1.09. The first kappa shape index (κ1) is 10.4. The molecule has 0 aromatic rings. The molecule has 0 unspecified atom stereocenters. The molecule has 2 aliphatic rings. The number of piperidine rings is 1. The van der Waals surface area contributed by atoms with Crippen LogP contribution in [0.2, 0.25) is 0 Å². The number of quaternary nitrogens is 1. The van der Waals surface area contributed by atoms with Gasteiger partial charge in [-0.2, -0.15) is 0 Å². The van der Waals surface area contributed by atoms with Crippen LogP contribution in [0.25, 0.3) is 0 Å². The molecule has 2 fully saturated rings. The molecule has 3 heteroatoms. The second-order valence-corrected chi connectivity index (χ2v) is 5.41. The molecule has 14 heavy (non-hydrogen) atoms. The van der Waals surface area contributed by atoms with E-state index in [1.165, 1.54) is 25.9 Å². The predicted molar refractivity (Wildman–Crippen MR) is 57.1 cm³/mol. The Kier molecular flexibility index (Phi) is 2.82. The minimum absolute atomic E-state index is 0.385. The Morgan fingerprint density at radius 2 is 1.79 bits per heavy atom. The van der Waals surface area contributed by atoms with Crippen LogP contribution in [-0.4, -0.2) is 55.0 Å². The molecule has 0 atom stereocenters. The van der Waals surface area contributed by atoms with E-state index < -0.39 is 0 Å². The van der Waals surface area contributed by atoms with Gasteiger partial charge in [0.2, 0.25) is 0 Å². The molecule has 2 saturated heterocycles. The lowest BCUT2D eigenvalue weighted by Gasteiger charge is -2.40. The maximum Gasteiger partial charge on any atom is 0.116 e. The van der Waals surface area contributed by atoms with E-state index in [-0.39, 0.29) is 5.60 Å². The van der Waals surface area contributed by atoms with Crippen molar-refractivity contribution in [3.8, 4) is 0 Å². The fourth-order valence-electron chi connectivity index (χ4n) is 3.02. The summed E-state index contributed by atoms with van der Waals surface area (Å²) in [5.41, 5.74) is -0.385. The lowest BCUT2D eigenvalue weighted by atomic mass is 9.91. The Hall–Kier alpha value is -0.120. The van der Waals surface area contributed by atoms with Crippen molar-refractivity contribution in [3.63, 3.8) is 0 Å². The van der Waals surface area contributed by atoms with Gasteiger partial charge in [-0.15, -0.1) is 0 Å². The second-order valence-electron chi connectivity index (χ2n) is 5.41. The Bertz CT molecular complexity index is 193. The van der Waals surface area contributed by atoms with Crippen LogP contribution >= 0.6 is 0 Å². The van der Waals surface area contributed by atoms with Crippen LogP contribution < -0.4 is 5.32 Å². The van der Waals surface area contributed by atoms with Gasteiger partial charge in [0, 0.05) is 12.8 Å². The van der Waals surface area contributed by atoms with Gasteiger partial charge in [-0.25, -0.2) is 0 Å². The average molecular weight is 199 g/mol. The molecule has 0 saturated carbocycles. The smallest absolute Gasteiger partial charge is 0.116 e. The molecule has 0 radical (unpaired) electrons. The topological polar surface area (TPSA) is 32.3 Å². The molecular weight excluding hydrogens is 176 g/mol. The fourth-order valence-corrected chi connectivity index (χ4v) is 3.02. The van der Waals surface area contributed by atoms with Crippen LogP contribution in [0.4, 0.5) is 0 Å². The van der Waals surface area contributed by atoms with E-state index in [0.29, 0.717) is 0 Å². The Labute approximate surface area is 86.7 Å². The Balaban J connectivity index is 1.94. The number of nitrogens with zero attached hydrogens (tertiary/aromatic N) is 1. The number of nitrogens with one attached hydrogen (secondary N) is 1. The van der Waals surface area contributed by atoms with E-state index in [9.17, 15) is 5.11 Å². The van der Waals surface area contributed by atoms with Crippen LogP contribution in [-0.2, 0) is 0 Å². The third-order valence-corrected chi connectivity index (χ3v) is 3.86. The largest absolute Gasteiger partial charge is 0.384 e. The predicted octanol–water partition coefficient (Wildman–Crippen LogP) is 0.341. The standard InChI is InChI=1S/C11H23N2O/c1-13(8-2-3-9-13)10-11(14)4-6-12-7-5-11/h12,14H,2-10H2,1H3/q+1. The van der Waals surface area contributed by atoms with Crippen LogP contribution in [0, 0.1) is 0 Å². The van der Waals surface area contributed by atoms with Crippen molar-refractivity contribution in [1.82, 2.24) is 5.32 Å². The van der Waals surface area contributed by atoms with Gasteiger partial charge in [0.15, 0.2) is 0 Å². The molecule has 3 nitrogen and oxygen atoms in total. The third-order valence-electron chi connectivity index (χ3n) is 3.86. The minimum Gasteiger partial charge on any atom is -0.384 e. The summed E-state index contributed by atoms with van der Waals surface area (Å²) in [6.07, 6.45) is 4.54. The summed E-state index contributed by atoms with van der Waals surface area (Å²) in [5.74, 6) is 0. The summed E-state index contributed by atoms with van der Waals surface area (Å²) in [6, 6.07) is 0. The maximum atomic E-state index is 10.4. The molecule has 82 valence electrons. The summed E-state index contributed by atoms with van der Waals surface area (Å²) in [6.45, 7) is 5.45. The van der Waals surface area contributed by atoms with Crippen molar-refractivity contribution >= 4 is 0 Å². The SMILES string of the molecule is C[N+]1(CC2(O)CCNCC2)CCCC1. The Morgan fingerprint density at radius 1 is 1.21 bits per heavy atom. The zero-order valence-electron chi connectivity index (χ0n) is 9.26. The van der Waals surface area contributed by atoms with Crippen molar-refractivity contribution < 1.29 is 9.59 Å². The van der Waals surface area contributed by atoms with Crippen molar-refractivity contribution in [1.29, 1.82) is 0 Å². The molecule has 0 amide bonds. The molecule has 0 aliphatic carbocycles. The zero-order valence-corrected chi connectivity index (χ0v) is 9.26. The van der Waals surface area contributed by atoms with Gasteiger partial charge < -0.3 is 14.9 Å². The van der Waals surface area contributed by atoms with Crippen molar-refractivity contribution in [3.05, 3.63) is 0 Å². The zero-order chi connectivity index (χ0) is 10.1. The molecule has 2 aliphatic heterocycles. The molecular formula is C11H23N2O+. The Morgan fingerprint density at radius 3 is 2.36 bits per heavy atom. The normalized spacial score (nSPS) is 30.4. The van der Waals surface area contributed by atoms with E-state index >= 15 is 0 Å². The summed E-state index contributed by atoms with van der Waals surface area (Å²) >= 11 is 0. The van der Waals surface area contributed by atoms with Gasteiger partial charge in [0.1, 0.15) is 12.1 Å². The minimum atomic E-state index is -0.385. The van der Waals surface area contributed by atoms with Gasteiger partial charge in [0.25, 0.3) is 0 Å². The number of hydrogen-bond acceptors (Lipinski definition) is 2. The van der Waals surface area contributed by atoms with Crippen LogP contribution in [0.1, 0.15) is 25.7 Å². The van der Waals surface area contributed by atoms with Crippen LogP contribution in [0.5, 0.6) is 0 Å². The highest BCUT2D eigenvalue weighted by Gasteiger charge is 2.39. The van der Waals surface area contributed by atoms with Gasteiger partial charge in [-0.1, -0.05) is 0 Å². The monoisotopic (exact) mass is 199 g/mol. The van der Waals surface area contributed by atoms with Crippen molar-refractivity contribution in [2.45, 2.75) is 31.3 Å². The first-order valence-electron chi connectivity index (χ1n) is 5.89. The molecule has 0 aromatic carbocycles. The number of likely N-dealkylation sites (N-methyl/N-ethyl adjacent to an activating group) is 1. The first-order valence-corrected chi connectivity index (χ1v) is 5.89. The van der Waals surface area contributed by atoms with E-state index in [4.69, 9.17) is 0 Å². The average Bonchev–Trinajstić information content (AvgIpc) is 2.52. The van der Waals surface area contributed by atoms with E-state index in [0.717, 1.165) is 37.0 Å². The summed E-state index contributed by atoms with van der Waals surface area (Å²) in [4.78, 5) is 0. The van der Waals surface area contributed by atoms with E-state index in [1.807, 2.05) is 0 Å². The number of hydrogen-bond donors (Lipinski definition) is 2. The number of likely N-dealkylation sites (tertiary alicyclic amines) is 1. The number of rotatable bonds is 2. The molecule has 2 rings (SSSR count). The first-order chi connectivity index (χ1) is 6.62. The molecule has 0 spiro atoms. The van der Waals surface area contributed by atoms with E-state index in [2.05, 4.69) is 12.4 Å². The molecule has 2 heterocycles. The van der Waals surface area contributed by atoms with Gasteiger partial charge >= 0.3 is 0 Å². The number of aliphatic hydroxyl groups is 1. The quantitative estimate of drug-likeness (QED) is 0.629. The highest BCUT2D eigenvalue weighted by molar-refractivity contribution is 4.84. The second kappa shape index (κ2) is 3.80. The summed E-state index contributed by atoms with van der Waals surface area (Å²) in [5, 5.41) is 13.8. The third kappa shape index (κ3) is 2.27. The lowest BCUT2D eigenvalue weighted by Crippen LogP contribution is -2.56. The molecule has 0 bridgehead atoms. The maximum absolute atomic E-state index is 10.4. The highest BCUT2D eigenvalue weighted by atomic mass is 16.3. The summed E-state index contributed by atoms with van der Waals surface area (Å²) in [7, 11) is 2.30. The fraction of sp³-hybridized carbons (Fsp3) is 1.00. The molecule has 0 aromatic heterocycles. The van der Waals surface area contributed by atoms with Crippen LogP contribution in [0.3, 0.4) is 0 Å². The van der Waals surface area contributed by atoms with Crippen molar-refractivity contribution in [2.24, 2.45) is 0 Å². The van der Waals surface area contributed by atoms with Gasteiger partial charge in [0.05, 0.1) is 20.1 Å². The van der Waals surface area contributed by atoms with E-state index in [1.54, 1.807) is 0 Å². The molecule has 2 N–H and O–H groups in total. The lowest BCUT2D eigenvalue weighted by molar-refractivity contribution is -0.904. The van der Waals surface area contributed by atoms with Gasteiger partial charge in [-0.05, 0) is 25.9 Å². The van der Waals surface area contributed by atoms with Gasteiger partial charge in [-0.3, -0.25) is 0 Å². The van der Waals surface area contributed by atoms with Crippen molar-refractivity contribution in [2.75, 3.05) is 39.8 Å². The van der Waals surface area contributed by atoms with Crippen LogP contribution in [0.15, 0.2) is 0 Å². The highest BCUT2D eigenvalue weighted by Crippen LogP contribution is 2.26.